The molecule has 4 rings (SSSR count). The van der Waals surface area contributed by atoms with Crippen LogP contribution >= 0.6 is 11.3 Å². The fraction of sp³-hybridized carbons (Fsp3) is 0.500. The van der Waals surface area contributed by atoms with Gasteiger partial charge in [-0.25, -0.2) is 4.98 Å². The van der Waals surface area contributed by atoms with Gasteiger partial charge in [-0.15, -0.1) is 11.3 Å². The third-order valence-electron chi connectivity index (χ3n) is 5.55. The molecule has 4 atom stereocenters. The SMILES string of the molecule is CC1CCNCC1NC(=O)C1CC=CCC1c1nc2ccccc2s1. The van der Waals surface area contributed by atoms with Crippen LogP contribution in [0, 0.1) is 11.8 Å². The van der Waals surface area contributed by atoms with Crippen molar-refractivity contribution >= 4 is 27.5 Å². The molecule has 0 spiro atoms. The molecule has 2 aliphatic rings. The summed E-state index contributed by atoms with van der Waals surface area (Å²) in [6.07, 6.45) is 7.18. The Morgan fingerprint density at radius 2 is 2.12 bits per heavy atom. The van der Waals surface area contributed by atoms with Gasteiger partial charge in [0, 0.05) is 18.5 Å². The molecule has 1 aromatic heterocycles. The molecule has 4 nitrogen and oxygen atoms in total. The Bertz CT molecular complexity index is 751. The van der Waals surface area contributed by atoms with Crippen molar-refractivity contribution < 1.29 is 4.79 Å². The number of para-hydroxylation sites is 1. The molecule has 2 heterocycles. The van der Waals surface area contributed by atoms with E-state index in [-0.39, 0.29) is 23.8 Å². The van der Waals surface area contributed by atoms with Crippen molar-refractivity contribution in [2.45, 2.75) is 38.1 Å². The Balaban J connectivity index is 1.54. The first-order chi connectivity index (χ1) is 12.2. The Morgan fingerprint density at radius 1 is 1.28 bits per heavy atom. The second-order valence-electron chi connectivity index (χ2n) is 7.26. The molecule has 0 bridgehead atoms. The predicted octanol–water partition coefficient (Wildman–Crippen LogP) is 3.46. The minimum atomic E-state index is -0.0142. The van der Waals surface area contributed by atoms with Crippen LogP contribution in [0.3, 0.4) is 0 Å². The molecule has 1 amide bonds. The molecule has 4 unspecified atom stereocenters. The van der Waals surface area contributed by atoms with Gasteiger partial charge in [0.2, 0.25) is 5.91 Å². The van der Waals surface area contributed by atoms with Crippen LogP contribution in [-0.4, -0.2) is 30.0 Å². The fourth-order valence-corrected chi connectivity index (χ4v) is 5.04. The minimum absolute atomic E-state index is 0.0142. The van der Waals surface area contributed by atoms with Crippen LogP contribution in [0.15, 0.2) is 36.4 Å². The average Bonchev–Trinajstić information content (AvgIpc) is 3.07. The van der Waals surface area contributed by atoms with E-state index in [1.54, 1.807) is 11.3 Å². The number of fused-ring (bicyclic) bond motifs is 1. The fourth-order valence-electron chi connectivity index (χ4n) is 3.90. The van der Waals surface area contributed by atoms with Gasteiger partial charge in [0.25, 0.3) is 0 Å². The number of hydrogen-bond acceptors (Lipinski definition) is 4. The first-order valence-electron chi connectivity index (χ1n) is 9.24. The van der Waals surface area contributed by atoms with E-state index in [9.17, 15) is 4.79 Å². The van der Waals surface area contributed by atoms with Crippen molar-refractivity contribution in [1.82, 2.24) is 15.6 Å². The average molecular weight is 356 g/mol. The maximum atomic E-state index is 13.0. The Kier molecular flexibility index (Phi) is 4.86. The highest BCUT2D eigenvalue weighted by molar-refractivity contribution is 7.18. The van der Waals surface area contributed by atoms with Gasteiger partial charge >= 0.3 is 0 Å². The summed E-state index contributed by atoms with van der Waals surface area (Å²) in [6.45, 7) is 4.16. The lowest BCUT2D eigenvalue weighted by atomic mass is 9.82. The molecule has 2 aromatic rings. The number of carbonyl (C=O) groups is 1. The lowest BCUT2D eigenvalue weighted by Gasteiger charge is -2.33. The maximum Gasteiger partial charge on any atom is 0.224 e. The van der Waals surface area contributed by atoms with Crippen molar-refractivity contribution in [3.05, 3.63) is 41.4 Å². The molecule has 1 aliphatic carbocycles. The molecule has 0 saturated carbocycles. The van der Waals surface area contributed by atoms with Crippen LogP contribution in [0.2, 0.25) is 0 Å². The molecule has 25 heavy (non-hydrogen) atoms. The van der Waals surface area contributed by atoms with Crippen molar-refractivity contribution in [1.29, 1.82) is 0 Å². The van der Waals surface area contributed by atoms with Gasteiger partial charge in [0.05, 0.1) is 21.1 Å². The molecular formula is C20H25N3OS. The van der Waals surface area contributed by atoms with E-state index >= 15 is 0 Å². The van der Waals surface area contributed by atoms with E-state index < -0.39 is 0 Å². The summed E-state index contributed by atoms with van der Waals surface area (Å²) in [5, 5.41) is 7.81. The number of hydrogen-bond donors (Lipinski definition) is 2. The van der Waals surface area contributed by atoms with Crippen molar-refractivity contribution in [2.24, 2.45) is 11.8 Å². The number of carbonyl (C=O) groups excluding carboxylic acids is 1. The summed E-state index contributed by atoms with van der Waals surface area (Å²) in [5.41, 5.74) is 1.04. The van der Waals surface area contributed by atoms with Crippen LogP contribution < -0.4 is 10.6 Å². The van der Waals surface area contributed by atoms with Gasteiger partial charge in [0.1, 0.15) is 0 Å². The Hall–Kier alpha value is -1.72. The molecule has 5 heteroatoms. The van der Waals surface area contributed by atoms with Gasteiger partial charge in [0.15, 0.2) is 0 Å². The number of allylic oxidation sites excluding steroid dienone is 2. The molecule has 1 aliphatic heterocycles. The molecule has 2 N–H and O–H groups in total. The summed E-state index contributed by atoms with van der Waals surface area (Å²) in [4.78, 5) is 17.8. The second-order valence-corrected chi connectivity index (χ2v) is 8.32. The number of rotatable bonds is 3. The van der Waals surface area contributed by atoms with E-state index in [4.69, 9.17) is 4.98 Å². The van der Waals surface area contributed by atoms with E-state index in [2.05, 4.69) is 41.8 Å². The van der Waals surface area contributed by atoms with Crippen LogP contribution in [0.4, 0.5) is 0 Å². The summed E-state index contributed by atoms with van der Waals surface area (Å²) in [6, 6.07) is 8.47. The first kappa shape index (κ1) is 16.7. The highest BCUT2D eigenvalue weighted by Gasteiger charge is 2.34. The number of amides is 1. The van der Waals surface area contributed by atoms with Crippen LogP contribution in [0.25, 0.3) is 10.2 Å². The van der Waals surface area contributed by atoms with Gasteiger partial charge < -0.3 is 10.6 Å². The number of aromatic nitrogens is 1. The number of nitrogens with one attached hydrogen (secondary N) is 2. The summed E-state index contributed by atoms with van der Waals surface area (Å²) >= 11 is 1.73. The van der Waals surface area contributed by atoms with E-state index in [0.29, 0.717) is 5.92 Å². The normalized spacial score (nSPS) is 29.6. The monoisotopic (exact) mass is 355 g/mol. The second kappa shape index (κ2) is 7.26. The molecule has 0 radical (unpaired) electrons. The van der Waals surface area contributed by atoms with Crippen molar-refractivity contribution in [3.8, 4) is 0 Å². The van der Waals surface area contributed by atoms with Gasteiger partial charge in [-0.05, 0) is 43.9 Å². The number of thiazole rings is 1. The highest BCUT2D eigenvalue weighted by Crippen LogP contribution is 2.38. The standard InChI is InChI=1S/C20H25N3OS/c1-13-10-11-21-12-17(13)22-19(24)14-6-2-3-7-15(14)20-23-16-8-4-5-9-18(16)25-20/h2-5,8-9,13-15,17,21H,6-7,10-12H2,1H3,(H,22,24). The zero-order chi connectivity index (χ0) is 17.2. The molecule has 1 fully saturated rings. The van der Waals surface area contributed by atoms with Gasteiger partial charge in [-0.2, -0.15) is 0 Å². The summed E-state index contributed by atoms with van der Waals surface area (Å²) in [7, 11) is 0. The zero-order valence-corrected chi connectivity index (χ0v) is 15.4. The Labute approximate surface area is 152 Å². The zero-order valence-electron chi connectivity index (χ0n) is 14.6. The van der Waals surface area contributed by atoms with Crippen LogP contribution in [0.1, 0.15) is 37.1 Å². The third kappa shape index (κ3) is 3.48. The maximum absolute atomic E-state index is 13.0. The number of piperidine rings is 1. The van der Waals surface area contributed by atoms with E-state index in [1.165, 1.54) is 4.70 Å². The lowest BCUT2D eigenvalue weighted by molar-refractivity contribution is -0.127. The smallest absolute Gasteiger partial charge is 0.224 e. The molecule has 1 saturated heterocycles. The lowest BCUT2D eigenvalue weighted by Crippen LogP contribution is -2.52. The van der Waals surface area contributed by atoms with Crippen molar-refractivity contribution in [2.75, 3.05) is 13.1 Å². The number of nitrogens with zero attached hydrogens (tertiary/aromatic N) is 1. The molecule has 1 aromatic carbocycles. The van der Waals surface area contributed by atoms with E-state index in [1.807, 2.05) is 12.1 Å². The summed E-state index contributed by atoms with van der Waals surface area (Å²) < 4.78 is 1.20. The van der Waals surface area contributed by atoms with E-state index in [0.717, 1.165) is 42.9 Å². The Morgan fingerprint density at radius 3 is 2.96 bits per heavy atom. The highest BCUT2D eigenvalue weighted by atomic mass is 32.1. The van der Waals surface area contributed by atoms with Gasteiger partial charge in [-0.3, -0.25) is 4.79 Å². The quantitative estimate of drug-likeness (QED) is 0.829. The topological polar surface area (TPSA) is 54.0 Å². The van der Waals surface area contributed by atoms with Crippen LogP contribution in [-0.2, 0) is 4.79 Å². The summed E-state index contributed by atoms with van der Waals surface area (Å²) in [5.74, 6) is 0.897. The first-order valence-corrected chi connectivity index (χ1v) is 10.1. The van der Waals surface area contributed by atoms with Crippen LogP contribution in [0.5, 0.6) is 0 Å². The predicted molar refractivity (Wildman–Crippen MR) is 103 cm³/mol. The minimum Gasteiger partial charge on any atom is -0.352 e. The molecular weight excluding hydrogens is 330 g/mol. The van der Waals surface area contributed by atoms with Gasteiger partial charge in [-0.1, -0.05) is 31.2 Å². The largest absolute Gasteiger partial charge is 0.352 e. The van der Waals surface area contributed by atoms with Crippen molar-refractivity contribution in [3.63, 3.8) is 0 Å². The third-order valence-corrected chi connectivity index (χ3v) is 6.72. The number of benzene rings is 1. The molecule has 132 valence electrons.